The van der Waals surface area contributed by atoms with E-state index in [0.717, 1.165) is 22.8 Å². The fourth-order valence-electron chi connectivity index (χ4n) is 2.90. The summed E-state index contributed by atoms with van der Waals surface area (Å²) >= 11 is 3.37. The number of hydrogen-bond acceptors (Lipinski definition) is 7. The van der Waals surface area contributed by atoms with E-state index in [1.807, 2.05) is 11.8 Å². The van der Waals surface area contributed by atoms with Crippen LogP contribution in [0.1, 0.15) is 41.0 Å². The Morgan fingerprint density at radius 3 is 2.32 bits per heavy atom. The molecule has 1 heterocycles. The topological polar surface area (TPSA) is 80.8 Å². The van der Waals surface area contributed by atoms with Crippen LogP contribution in [-0.4, -0.2) is 47.6 Å². The SMILES string of the molecule is CCC(C)SCCSc1ccc2c3c(cccc13)C(=O)N(OS(=O)(=O)C(F)(F)F)C2=O. The zero-order valence-corrected chi connectivity index (χ0v) is 18.9. The Labute approximate surface area is 185 Å². The van der Waals surface area contributed by atoms with E-state index in [9.17, 15) is 31.2 Å². The van der Waals surface area contributed by atoms with Crippen LogP contribution >= 0.6 is 23.5 Å². The van der Waals surface area contributed by atoms with Gasteiger partial charge < -0.3 is 0 Å². The molecule has 0 bridgehead atoms. The Bertz CT molecular complexity index is 1110. The summed E-state index contributed by atoms with van der Waals surface area (Å²) < 4.78 is 64.6. The Kier molecular flexibility index (Phi) is 6.94. The highest BCUT2D eigenvalue weighted by atomic mass is 32.2. The number of benzene rings is 2. The quantitative estimate of drug-likeness (QED) is 0.225. The lowest BCUT2D eigenvalue weighted by Crippen LogP contribution is -2.44. The molecule has 168 valence electrons. The maximum Gasteiger partial charge on any atom is 0.525 e. The van der Waals surface area contributed by atoms with Crippen molar-refractivity contribution in [3.05, 3.63) is 41.5 Å². The molecule has 2 amide bonds. The van der Waals surface area contributed by atoms with Gasteiger partial charge in [-0.15, -0.1) is 21.1 Å². The minimum atomic E-state index is -6.19. The molecule has 0 saturated carbocycles. The molecule has 6 nitrogen and oxygen atoms in total. The number of nitrogens with zero attached hydrogens (tertiary/aromatic N) is 1. The number of carbonyl (C=O) groups excluding carboxylic acids is 2. The van der Waals surface area contributed by atoms with Gasteiger partial charge in [-0.25, -0.2) is 0 Å². The number of carbonyl (C=O) groups is 2. The molecule has 0 saturated heterocycles. The first-order valence-electron chi connectivity index (χ1n) is 9.17. The van der Waals surface area contributed by atoms with Gasteiger partial charge in [0, 0.05) is 27.0 Å². The van der Waals surface area contributed by atoms with Crippen molar-refractivity contribution in [2.45, 2.75) is 35.9 Å². The van der Waals surface area contributed by atoms with Crippen LogP contribution in [0.3, 0.4) is 0 Å². The van der Waals surface area contributed by atoms with E-state index in [0.29, 0.717) is 10.6 Å². The lowest BCUT2D eigenvalue weighted by Gasteiger charge is -2.26. The number of hydroxylamine groups is 2. The second-order valence-corrected chi connectivity index (χ2v) is 10.9. The van der Waals surface area contributed by atoms with E-state index in [-0.39, 0.29) is 21.6 Å². The molecule has 1 aliphatic heterocycles. The molecule has 0 aromatic heterocycles. The number of imide groups is 1. The highest BCUT2D eigenvalue weighted by Gasteiger charge is 2.51. The fraction of sp³-hybridized carbons (Fsp3) is 0.368. The molecule has 0 N–H and O–H groups in total. The average molecular weight is 494 g/mol. The molecule has 31 heavy (non-hydrogen) atoms. The number of thioether (sulfide) groups is 2. The fourth-order valence-corrected chi connectivity index (χ4v) is 5.38. The summed E-state index contributed by atoms with van der Waals surface area (Å²) in [7, 11) is -6.19. The van der Waals surface area contributed by atoms with E-state index >= 15 is 0 Å². The molecule has 0 fully saturated rings. The molecule has 2 aromatic carbocycles. The van der Waals surface area contributed by atoms with E-state index in [4.69, 9.17) is 0 Å². The first kappa shape index (κ1) is 23.9. The minimum absolute atomic E-state index is 0.110. The number of rotatable bonds is 8. The van der Waals surface area contributed by atoms with Crippen LogP contribution in [0, 0.1) is 0 Å². The van der Waals surface area contributed by atoms with Gasteiger partial charge in [-0.3, -0.25) is 9.59 Å². The summed E-state index contributed by atoms with van der Waals surface area (Å²) in [5, 5.41) is 1.04. The third-order valence-corrected chi connectivity index (χ3v) is 8.19. The van der Waals surface area contributed by atoms with Crippen LogP contribution in [0.5, 0.6) is 0 Å². The van der Waals surface area contributed by atoms with Gasteiger partial charge in [-0.05, 0) is 30.0 Å². The molecular formula is C19H18F3NO5S3. The molecule has 0 spiro atoms. The normalized spacial score (nSPS) is 15.6. The molecule has 12 heteroatoms. The largest absolute Gasteiger partial charge is 0.525 e. The number of halogens is 3. The summed E-state index contributed by atoms with van der Waals surface area (Å²) in [4.78, 5) is 26.1. The van der Waals surface area contributed by atoms with Gasteiger partial charge >= 0.3 is 15.6 Å². The van der Waals surface area contributed by atoms with Crippen molar-refractivity contribution < 1.29 is 35.5 Å². The Balaban J connectivity index is 1.93. The average Bonchev–Trinajstić information content (AvgIpc) is 2.71. The Morgan fingerprint density at radius 2 is 1.71 bits per heavy atom. The second-order valence-electron chi connectivity index (χ2n) is 6.66. The van der Waals surface area contributed by atoms with Gasteiger partial charge in [0.1, 0.15) is 0 Å². The molecule has 0 aliphatic carbocycles. The van der Waals surface area contributed by atoms with Crippen LogP contribution in [0.15, 0.2) is 35.2 Å². The summed E-state index contributed by atoms with van der Waals surface area (Å²) in [6.07, 6.45) is 1.06. The van der Waals surface area contributed by atoms with Crippen molar-refractivity contribution in [3.63, 3.8) is 0 Å². The molecular weight excluding hydrogens is 475 g/mol. The van der Waals surface area contributed by atoms with Gasteiger partial charge in [0.2, 0.25) is 0 Å². The van der Waals surface area contributed by atoms with Gasteiger partial charge in [-0.2, -0.15) is 33.4 Å². The first-order valence-corrected chi connectivity index (χ1v) is 12.6. The van der Waals surface area contributed by atoms with Crippen LogP contribution in [-0.2, 0) is 14.4 Å². The maximum absolute atomic E-state index is 12.7. The van der Waals surface area contributed by atoms with Crippen molar-refractivity contribution in [1.82, 2.24) is 5.06 Å². The van der Waals surface area contributed by atoms with Crippen molar-refractivity contribution in [2.75, 3.05) is 11.5 Å². The molecule has 0 radical (unpaired) electrons. The van der Waals surface area contributed by atoms with Crippen LogP contribution in [0.4, 0.5) is 13.2 Å². The zero-order chi connectivity index (χ0) is 23.0. The lowest BCUT2D eigenvalue weighted by atomic mass is 9.95. The van der Waals surface area contributed by atoms with Crippen LogP contribution in [0.2, 0.25) is 0 Å². The standard InChI is InChI=1S/C19H18F3NO5S3/c1-3-11(2)29-9-10-30-15-8-7-14-16-12(15)5-4-6-13(16)17(24)23(18(14)25)28-31(26,27)19(20,21)22/h4-8,11H,3,9-10H2,1-2H3. The second kappa shape index (κ2) is 9.00. The minimum Gasteiger partial charge on any atom is -0.266 e. The molecule has 2 aromatic rings. The van der Waals surface area contributed by atoms with Crippen molar-refractivity contribution >= 4 is 56.2 Å². The molecule has 3 rings (SSSR count). The predicted octanol–water partition coefficient (Wildman–Crippen LogP) is 4.84. The van der Waals surface area contributed by atoms with Crippen molar-refractivity contribution in [1.29, 1.82) is 0 Å². The van der Waals surface area contributed by atoms with E-state index in [1.165, 1.54) is 30.0 Å². The van der Waals surface area contributed by atoms with Gasteiger partial charge in [-0.1, -0.05) is 26.0 Å². The smallest absolute Gasteiger partial charge is 0.266 e. The molecule has 1 unspecified atom stereocenters. The Morgan fingerprint density at radius 1 is 1.06 bits per heavy atom. The van der Waals surface area contributed by atoms with Crippen molar-refractivity contribution in [3.8, 4) is 0 Å². The highest BCUT2D eigenvalue weighted by molar-refractivity contribution is 8.03. The van der Waals surface area contributed by atoms with Crippen molar-refractivity contribution in [2.24, 2.45) is 0 Å². The monoisotopic (exact) mass is 493 g/mol. The van der Waals surface area contributed by atoms with Crippen LogP contribution < -0.4 is 0 Å². The maximum atomic E-state index is 12.7. The lowest BCUT2D eigenvalue weighted by molar-refractivity contribution is -0.0761. The number of amides is 2. The summed E-state index contributed by atoms with van der Waals surface area (Å²) in [5.74, 6) is -0.859. The zero-order valence-electron chi connectivity index (χ0n) is 16.4. The predicted molar refractivity (Wildman–Crippen MR) is 113 cm³/mol. The van der Waals surface area contributed by atoms with Gasteiger partial charge in [0.05, 0.1) is 11.1 Å². The number of hydrogen-bond donors (Lipinski definition) is 0. The summed E-state index contributed by atoms with van der Waals surface area (Å²) in [6.45, 7) is 4.25. The number of alkyl halides is 3. The summed E-state index contributed by atoms with van der Waals surface area (Å²) in [5.41, 5.74) is -6.00. The third kappa shape index (κ3) is 4.71. The highest BCUT2D eigenvalue weighted by Crippen LogP contribution is 2.37. The Hall–Kier alpha value is -1.76. The first-order chi connectivity index (χ1) is 14.5. The van der Waals surface area contributed by atoms with Crippen LogP contribution in [0.25, 0.3) is 10.8 Å². The van der Waals surface area contributed by atoms with E-state index < -0.39 is 27.4 Å². The summed E-state index contributed by atoms with van der Waals surface area (Å²) in [6, 6.07) is 7.52. The molecule has 1 aliphatic rings. The van der Waals surface area contributed by atoms with Gasteiger partial charge in [0.15, 0.2) is 0 Å². The van der Waals surface area contributed by atoms with E-state index in [2.05, 4.69) is 18.1 Å². The van der Waals surface area contributed by atoms with Gasteiger partial charge in [0.25, 0.3) is 11.8 Å². The molecule has 1 atom stereocenters. The third-order valence-electron chi connectivity index (χ3n) is 4.60. The van der Waals surface area contributed by atoms with E-state index in [1.54, 1.807) is 12.1 Å².